The Bertz CT molecular complexity index is 2490. The number of aryl methyl sites for hydroxylation is 1. The Morgan fingerprint density at radius 1 is 0.653 bits per heavy atom. The molecule has 0 unspecified atom stereocenters. The molecule has 8 aromatic rings. The van der Waals surface area contributed by atoms with Gasteiger partial charge in [0.15, 0.2) is 17.4 Å². The summed E-state index contributed by atoms with van der Waals surface area (Å²) in [5.41, 5.74) is 10.9. The second kappa shape index (κ2) is 12.3. The van der Waals surface area contributed by atoms with Crippen LogP contribution in [-0.4, -0.2) is 18.7 Å². The van der Waals surface area contributed by atoms with Crippen molar-refractivity contribution in [2.45, 2.75) is 52.5 Å². The van der Waals surface area contributed by atoms with Crippen LogP contribution in [-0.2, 0) is 32.0 Å². The maximum atomic E-state index is 4.91. The monoisotopic (exact) mass is 818 g/mol. The summed E-state index contributed by atoms with van der Waals surface area (Å²) in [5.74, 6) is 0.883. The van der Waals surface area contributed by atoms with Crippen LogP contribution < -0.4 is 0 Å². The molecule has 8 rings (SSSR count). The van der Waals surface area contributed by atoms with E-state index < -0.39 is 0 Å². The molecule has 4 nitrogen and oxygen atoms in total. The zero-order valence-corrected chi connectivity index (χ0v) is 31.0. The summed E-state index contributed by atoms with van der Waals surface area (Å²) in [6, 6.07) is 48.7. The molecule has 0 aliphatic carbocycles. The van der Waals surface area contributed by atoms with Gasteiger partial charge in [0, 0.05) is 50.6 Å². The van der Waals surface area contributed by atoms with E-state index in [9.17, 15) is 0 Å². The van der Waals surface area contributed by atoms with Crippen molar-refractivity contribution < 1.29 is 21.1 Å². The Hall–Kier alpha value is -4.79. The molecule has 0 bridgehead atoms. The van der Waals surface area contributed by atoms with Gasteiger partial charge in [-0.3, -0.25) is 0 Å². The second-order valence-corrected chi connectivity index (χ2v) is 14.3. The van der Waals surface area contributed by atoms with Crippen LogP contribution in [0.5, 0.6) is 0 Å². The van der Waals surface area contributed by atoms with E-state index in [0.717, 1.165) is 50.1 Å². The van der Waals surface area contributed by atoms with Gasteiger partial charge in [0.25, 0.3) is 0 Å². The van der Waals surface area contributed by atoms with E-state index in [0.29, 0.717) is 0 Å². The first-order valence-corrected chi connectivity index (χ1v) is 16.6. The molecule has 0 fully saturated rings. The van der Waals surface area contributed by atoms with Gasteiger partial charge in [0.2, 0.25) is 0 Å². The summed E-state index contributed by atoms with van der Waals surface area (Å²) in [6.07, 6.45) is 4.13. The van der Waals surface area contributed by atoms with Crippen LogP contribution >= 0.6 is 0 Å². The third kappa shape index (κ3) is 5.53. The largest absolute Gasteiger partial charge is 0.319 e. The summed E-state index contributed by atoms with van der Waals surface area (Å²) in [4.78, 5) is 4.91. The molecular formula is C44H39N4Pt-. The minimum atomic E-state index is -0.370. The summed E-state index contributed by atoms with van der Waals surface area (Å²) in [6.45, 7) is 13.4. The number of benzene rings is 5. The first kappa shape index (κ1) is 32.7. The molecule has 0 atom stereocenters. The van der Waals surface area contributed by atoms with Crippen LogP contribution in [0.25, 0.3) is 55.5 Å². The molecule has 246 valence electrons. The number of pyridine rings is 1. The number of rotatable bonds is 5. The fourth-order valence-electron chi connectivity index (χ4n) is 7.05. The number of nitrogens with zero attached hydrogens (tertiary/aromatic N) is 4. The molecule has 49 heavy (non-hydrogen) atoms. The Balaban J connectivity index is 0.00000378. The third-order valence-electron chi connectivity index (χ3n) is 9.75. The van der Waals surface area contributed by atoms with Crippen LogP contribution in [0.1, 0.15) is 51.3 Å². The SMILES string of the molecule is Cc1ccccc1-c1ccnc(-n2c3[c-]c(C(C)(C)c4[c-]c(-n5[cH+]n(C(C)(C)C)c6ccccc65)ccc4)ccc3c3ccccc32)c1.[Pt]. The summed E-state index contributed by atoms with van der Waals surface area (Å²) >= 11 is 0. The number of fused-ring (bicyclic) bond motifs is 4. The fourth-order valence-corrected chi connectivity index (χ4v) is 7.05. The third-order valence-corrected chi connectivity index (χ3v) is 9.75. The Morgan fingerprint density at radius 3 is 2.12 bits per heavy atom. The van der Waals surface area contributed by atoms with Crippen LogP contribution in [0.3, 0.4) is 0 Å². The zero-order chi connectivity index (χ0) is 33.2. The molecule has 0 aliphatic rings. The molecule has 5 aromatic carbocycles. The van der Waals surface area contributed by atoms with Crippen molar-refractivity contribution in [2.75, 3.05) is 0 Å². The smallest absolute Gasteiger partial charge is 0.188 e. The van der Waals surface area contributed by atoms with Crippen molar-refractivity contribution >= 4 is 32.8 Å². The zero-order valence-electron chi connectivity index (χ0n) is 28.7. The first-order valence-electron chi connectivity index (χ1n) is 16.6. The van der Waals surface area contributed by atoms with Crippen LogP contribution in [0, 0.1) is 19.1 Å². The quantitative estimate of drug-likeness (QED) is 0.159. The van der Waals surface area contributed by atoms with E-state index in [1.165, 1.54) is 22.0 Å². The van der Waals surface area contributed by atoms with Gasteiger partial charge in [-0.2, -0.15) is 35.9 Å². The second-order valence-electron chi connectivity index (χ2n) is 14.3. The standard InChI is InChI=1S/C44H39N4.Pt/c1-30-14-7-8-17-35(30)31-24-25-45-42(26-31)48-38-19-10-9-18-36(38)37-23-22-33(28-41(37)48)44(5,6)32-15-13-16-34(27-32)46-29-47(43(2,3)4)40-21-12-11-20-39(40)46;/h7-26,29H,1-6H3;/q-1;. The molecule has 3 aromatic heterocycles. The molecule has 0 spiro atoms. The Kier molecular flexibility index (Phi) is 8.20. The van der Waals surface area contributed by atoms with Crippen LogP contribution in [0.2, 0.25) is 0 Å². The summed E-state index contributed by atoms with van der Waals surface area (Å²) in [7, 11) is 0. The molecule has 3 heterocycles. The number of hydrogen-bond acceptors (Lipinski definition) is 1. The number of hydrogen-bond donors (Lipinski definition) is 0. The molecule has 0 aliphatic heterocycles. The van der Waals surface area contributed by atoms with Gasteiger partial charge in [-0.05, 0) is 85.5 Å². The van der Waals surface area contributed by atoms with Crippen molar-refractivity contribution in [3.63, 3.8) is 0 Å². The molecule has 5 heteroatoms. The number of para-hydroxylation sites is 3. The molecule has 0 saturated carbocycles. The number of imidazole rings is 1. The summed E-state index contributed by atoms with van der Waals surface area (Å²) < 4.78 is 6.87. The van der Waals surface area contributed by atoms with Gasteiger partial charge in [0.1, 0.15) is 5.82 Å². The van der Waals surface area contributed by atoms with E-state index in [1.54, 1.807) is 0 Å². The molecule has 0 radical (unpaired) electrons. The predicted octanol–water partition coefficient (Wildman–Crippen LogP) is 10.9. The van der Waals surface area contributed by atoms with E-state index in [4.69, 9.17) is 4.98 Å². The van der Waals surface area contributed by atoms with E-state index in [1.807, 2.05) is 6.20 Å². The molecule has 0 N–H and O–H groups in total. The van der Waals surface area contributed by atoms with Gasteiger partial charge in [0.05, 0.1) is 5.54 Å². The van der Waals surface area contributed by atoms with Crippen molar-refractivity contribution in [1.82, 2.24) is 18.7 Å². The normalized spacial score (nSPS) is 12.1. The van der Waals surface area contributed by atoms with Crippen molar-refractivity contribution in [2.24, 2.45) is 0 Å². The van der Waals surface area contributed by atoms with E-state index in [2.05, 4.69) is 189 Å². The topological polar surface area (TPSA) is 27.7 Å². The van der Waals surface area contributed by atoms with Gasteiger partial charge in [-0.1, -0.05) is 61.8 Å². The predicted molar refractivity (Wildman–Crippen MR) is 199 cm³/mol. The van der Waals surface area contributed by atoms with Gasteiger partial charge in [-0.15, -0.1) is 23.1 Å². The minimum absolute atomic E-state index is 0. The van der Waals surface area contributed by atoms with Gasteiger partial charge in [-0.25, -0.2) is 14.1 Å². The first-order chi connectivity index (χ1) is 23.1. The Labute approximate surface area is 302 Å². The molecule has 0 amide bonds. The summed E-state index contributed by atoms with van der Waals surface area (Å²) in [5, 5.41) is 2.35. The fraction of sp³-hybridized carbons (Fsp3) is 0.182. The maximum absolute atomic E-state index is 4.91. The average Bonchev–Trinajstić information content (AvgIpc) is 3.65. The van der Waals surface area contributed by atoms with Crippen molar-refractivity contribution in [3.8, 4) is 22.6 Å². The minimum Gasteiger partial charge on any atom is -0.319 e. The maximum Gasteiger partial charge on any atom is 0.188 e. The average molecular weight is 819 g/mol. The van der Waals surface area contributed by atoms with E-state index >= 15 is 0 Å². The molecule has 0 saturated heterocycles. The van der Waals surface area contributed by atoms with E-state index in [-0.39, 0.29) is 32.0 Å². The van der Waals surface area contributed by atoms with Gasteiger partial charge < -0.3 is 4.57 Å². The van der Waals surface area contributed by atoms with Crippen molar-refractivity contribution in [1.29, 1.82) is 0 Å². The van der Waals surface area contributed by atoms with Crippen LogP contribution in [0.4, 0.5) is 0 Å². The number of aromatic nitrogens is 4. The van der Waals surface area contributed by atoms with Crippen LogP contribution in [0.15, 0.2) is 128 Å². The van der Waals surface area contributed by atoms with Gasteiger partial charge >= 0.3 is 0 Å². The Morgan fingerprint density at radius 2 is 1.35 bits per heavy atom. The molecular weight excluding hydrogens is 780 g/mol. The van der Waals surface area contributed by atoms with Crippen molar-refractivity contribution in [3.05, 3.63) is 157 Å².